The number of hydrogen-bond acceptors (Lipinski definition) is 5. The molecule has 0 N–H and O–H groups in total. The highest BCUT2D eigenvalue weighted by molar-refractivity contribution is 7.85. The van der Waals surface area contributed by atoms with Crippen molar-refractivity contribution in [2.75, 3.05) is 12.3 Å². The number of likely N-dealkylation sites (tertiary alicyclic amines) is 1. The maximum absolute atomic E-state index is 12.5. The van der Waals surface area contributed by atoms with Gasteiger partial charge in [0.15, 0.2) is 0 Å². The number of aryl methyl sites for hydroxylation is 1. The molecule has 6 nitrogen and oxygen atoms in total. The summed E-state index contributed by atoms with van der Waals surface area (Å²) in [6, 6.07) is 3.45. The number of carbonyl (C=O) groups is 1. The van der Waals surface area contributed by atoms with Crippen LogP contribution in [-0.4, -0.2) is 49.3 Å². The predicted molar refractivity (Wildman–Crippen MR) is 88.6 cm³/mol. The van der Waals surface area contributed by atoms with Crippen LogP contribution in [0.4, 0.5) is 4.79 Å². The van der Waals surface area contributed by atoms with Gasteiger partial charge in [-0.3, -0.25) is 4.21 Å². The highest BCUT2D eigenvalue weighted by atomic mass is 32.2. The minimum Gasteiger partial charge on any atom is -0.444 e. The zero-order chi connectivity index (χ0) is 17.0. The Kier molecular flexibility index (Phi) is 5.73. The van der Waals surface area contributed by atoms with E-state index in [0.717, 1.165) is 25.0 Å². The summed E-state index contributed by atoms with van der Waals surface area (Å²) in [5.74, 6) is 0.372. The van der Waals surface area contributed by atoms with Crippen molar-refractivity contribution in [2.24, 2.45) is 0 Å². The summed E-state index contributed by atoms with van der Waals surface area (Å²) in [7, 11) is -1.27. The van der Waals surface area contributed by atoms with E-state index in [1.165, 1.54) is 0 Å². The van der Waals surface area contributed by atoms with Crippen LogP contribution in [-0.2, 0) is 15.5 Å². The van der Waals surface area contributed by atoms with E-state index in [1.807, 2.05) is 27.7 Å². The Labute approximate surface area is 140 Å². The monoisotopic (exact) mass is 339 g/mol. The first-order valence-corrected chi connectivity index (χ1v) is 9.26. The molecule has 0 aliphatic carbocycles. The molecule has 128 valence electrons. The van der Waals surface area contributed by atoms with Crippen LogP contribution in [0.3, 0.4) is 0 Å². The van der Waals surface area contributed by atoms with E-state index in [-0.39, 0.29) is 12.1 Å². The van der Waals surface area contributed by atoms with E-state index in [1.54, 1.807) is 17.0 Å². The Morgan fingerprint density at radius 1 is 1.35 bits per heavy atom. The number of ether oxygens (including phenoxy) is 1. The minimum atomic E-state index is -1.27. The third-order valence-electron chi connectivity index (χ3n) is 3.61. The first-order chi connectivity index (χ1) is 10.8. The Hall–Kier alpha value is -1.50. The second-order valence-electron chi connectivity index (χ2n) is 6.85. The molecule has 0 spiro atoms. The smallest absolute Gasteiger partial charge is 0.410 e. The van der Waals surface area contributed by atoms with E-state index < -0.39 is 16.4 Å². The van der Waals surface area contributed by atoms with Crippen LogP contribution in [0.15, 0.2) is 17.2 Å². The van der Waals surface area contributed by atoms with Crippen LogP contribution >= 0.6 is 0 Å². The van der Waals surface area contributed by atoms with Gasteiger partial charge in [-0.15, -0.1) is 5.10 Å². The average molecular weight is 339 g/mol. The number of piperidine rings is 1. The number of aromatic nitrogens is 2. The largest absolute Gasteiger partial charge is 0.444 e. The normalized spacial score (nSPS) is 20.2. The Morgan fingerprint density at radius 2 is 2.09 bits per heavy atom. The summed E-state index contributed by atoms with van der Waals surface area (Å²) in [6.45, 7) is 8.04. The Balaban J connectivity index is 2.04. The molecule has 1 aliphatic rings. The average Bonchev–Trinajstić information content (AvgIpc) is 2.46. The van der Waals surface area contributed by atoms with Gasteiger partial charge >= 0.3 is 6.09 Å². The number of amides is 1. The highest BCUT2D eigenvalue weighted by Crippen LogP contribution is 2.22. The number of hydrogen-bond donors (Lipinski definition) is 0. The van der Waals surface area contributed by atoms with Crippen LogP contribution in [0.5, 0.6) is 0 Å². The van der Waals surface area contributed by atoms with E-state index in [4.69, 9.17) is 4.74 Å². The zero-order valence-electron chi connectivity index (χ0n) is 14.2. The Bertz CT molecular complexity index is 569. The molecule has 0 aromatic carbocycles. The molecule has 0 radical (unpaired) electrons. The van der Waals surface area contributed by atoms with Crippen LogP contribution < -0.4 is 0 Å². The van der Waals surface area contributed by atoms with Gasteiger partial charge in [-0.25, -0.2) is 4.79 Å². The van der Waals surface area contributed by atoms with Crippen LogP contribution in [0.25, 0.3) is 0 Å². The van der Waals surface area contributed by atoms with Gasteiger partial charge in [-0.2, -0.15) is 5.10 Å². The highest BCUT2D eigenvalue weighted by Gasteiger charge is 2.31. The first kappa shape index (κ1) is 17.8. The maximum atomic E-state index is 12.5. The van der Waals surface area contributed by atoms with Crippen molar-refractivity contribution in [3.63, 3.8) is 0 Å². The summed E-state index contributed by atoms with van der Waals surface area (Å²) in [4.78, 5) is 14.1. The van der Waals surface area contributed by atoms with E-state index in [2.05, 4.69) is 10.2 Å². The van der Waals surface area contributed by atoms with Crippen LogP contribution in [0.2, 0.25) is 0 Å². The standard InChI is InChI=1S/C16H25N3O3S/c1-12-8-9-14(18-17-12)23(21)11-13-7-5-6-10-19(13)15(20)22-16(2,3)4/h8-9,13H,5-7,10-11H2,1-4H3/t13-,23-/m0/s1. The Morgan fingerprint density at radius 3 is 2.70 bits per heavy atom. The molecule has 0 unspecified atom stereocenters. The van der Waals surface area contributed by atoms with Crippen molar-refractivity contribution >= 4 is 16.9 Å². The lowest BCUT2D eigenvalue weighted by Crippen LogP contribution is -2.48. The molecule has 1 aromatic heterocycles. The number of rotatable bonds is 3. The molecule has 1 saturated heterocycles. The lowest BCUT2D eigenvalue weighted by molar-refractivity contribution is 0.0125. The molecule has 1 amide bonds. The van der Waals surface area contributed by atoms with Gasteiger partial charge in [0.1, 0.15) is 10.6 Å². The third-order valence-corrected chi connectivity index (χ3v) is 4.98. The molecule has 1 aliphatic heterocycles. The summed E-state index contributed by atoms with van der Waals surface area (Å²) in [5.41, 5.74) is 0.263. The summed E-state index contributed by atoms with van der Waals surface area (Å²) >= 11 is 0. The molecular weight excluding hydrogens is 314 g/mol. The van der Waals surface area contributed by atoms with E-state index in [9.17, 15) is 9.00 Å². The summed E-state index contributed by atoms with van der Waals surface area (Å²) < 4.78 is 18.0. The molecule has 2 rings (SSSR count). The van der Waals surface area contributed by atoms with Crippen LogP contribution in [0, 0.1) is 6.92 Å². The molecule has 1 aromatic rings. The predicted octanol–water partition coefficient (Wildman–Crippen LogP) is 2.68. The van der Waals surface area contributed by atoms with E-state index in [0.29, 0.717) is 17.3 Å². The second kappa shape index (κ2) is 7.38. The van der Waals surface area contributed by atoms with Crippen LogP contribution in [0.1, 0.15) is 45.7 Å². The summed E-state index contributed by atoms with van der Waals surface area (Å²) in [6.07, 6.45) is 2.49. The van der Waals surface area contributed by atoms with Crippen molar-refractivity contribution in [1.82, 2.24) is 15.1 Å². The lowest BCUT2D eigenvalue weighted by Gasteiger charge is -2.36. The summed E-state index contributed by atoms with van der Waals surface area (Å²) in [5, 5.41) is 8.40. The van der Waals surface area contributed by atoms with Gasteiger partial charge in [0.2, 0.25) is 0 Å². The SMILES string of the molecule is Cc1ccc([S@@](=O)C[C@@H]2CCCCN2C(=O)OC(C)(C)C)nn1. The molecule has 2 atom stereocenters. The van der Waals surface area contributed by atoms with Gasteiger partial charge < -0.3 is 9.64 Å². The third kappa shape index (κ3) is 5.27. The van der Waals surface area contributed by atoms with Crippen molar-refractivity contribution in [3.05, 3.63) is 17.8 Å². The zero-order valence-corrected chi connectivity index (χ0v) is 15.1. The lowest BCUT2D eigenvalue weighted by atomic mass is 10.0. The molecule has 0 bridgehead atoms. The van der Waals surface area contributed by atoms with Crippen molar-refractivity contribution in [2.45, 2.75) is 63.6 Å². The van der Waals surface area contributed by atoms with Crippen molar-refractivity contribution in [1.29, 1.82) is 0 Å². The molecule has 1 fully saturated rings. The quantitative estimate of drug-likeness (QED) is 0.846. The van der Waals surface area contributed by atoms with Crippen molar-refractivity contribution < 1.29 is 13.7 Å². The maximum Gasteiger partial charge on any atom is 0.410 e. The molecular formula is C16H25N3O3S. The van der Waals surface area contributed by atoms with Gasteiger partial charge in [0.05, 0.1) is 22.2 Å². The molecule has 0 saturated carbocycles. The molecule has 23 heavy (non-hydrogen) atoms. The van der Waals surface area contributed by atoms with Gasteiger partial charge in [-0.1, -0.05) is 0 Å². The van der Waals surface area contributed by atoms with Crippen molar-refractivity contribution in [3.8, 4) is 0 Å². The first-order valence-electron chi connectivity index (χ1n) is 7.94. The topological polar surface area (TPSA) is 72.4 Å². The van der Waals surface area contributed by atoms with Gasteiger partial charge in [0, 0.05) is 12.6 Å². The fraction of sp³-hybridized carbons (Fsp3) is 0.688. The fourth-order valence-corrected chi connectivity index (χ4v) is 3.72. The molecule has 2 heterocycles. The second-order valence-corrected chi connectivity index (χ2v) is 8.29. The number of carbonyl (C=O) groups excluding carboxylic acids is 1. The van der Waals surface area contributed by atoms with Gasteiger partial charge in [-0.05, 0) is 59.1 Å². The van der Waals surface area contributed by atoms with Gasteiger partial charge in [0.25, 0.3) is 0 Å². The fourth-order valence-electron chi connectivity index (χ4n) is 2.50. The molecule has 7 heteroatoms. The minimum absolute atomic E-state index is 0.0810. The number of nitrogens with zero attached hydrogens (tertiary/aromatic N) is 3. The van der Waals surface area contributed by atoms with E-state index >= 15 is 0 Å².